The molecule has 2 saturated heterocycles. The highest BCUT2D eigenvalue weighted by Crippen LogP contribution is 2.33. The van der Waals surface area contributed by atoms with Crippen LogP contribution in [0, 0.1) is 0 Å². The number of hydrogen-bond acceptors (Lipinski definition) is 8. The van der Waals surface area contributed by atoms with Crippen molar-refractivity contribution in [2.45, 2.75) is 36.8 Å². The third-order valence-corrected chi connectivity index (χ3v) is 8.90. The van der Waals surface area contributed by atoms with Gasteiger partial charge in [0.1, 0.15) is 5.75 Å². The van der Waals surface area contributed by atoms with Gasteiger partial charge >= 0.3 is 6.36 Å². The van der Waals surface area contributed by atoms with Crippen molar-refractivity contribution in [3.63, 3.8) is 0 Å². The van der Waals surface area contributed by atoms with Gasteiger partial charge in [-0.15, -0.1) is 25.6 Å². The number of piperazine rings is 1. The van der Waals surface area contributed by atoms with E-state index in [2.05, 4.69) is 4.74 Å². The van der Waals surface area contributed by atoms with E-state index in [-0.39, 0.29) is 69.3 Å². The zero-order valence-electron chi connectivity index (χ0n) is 19.3. The maximum Gasteiger partial charge on any atom is 0.573 e. The van der Waals surface area contributed by atoms with E-state index in [1.807, 2.05) is 4.90 Å². The molecule has 2 heterocycles. The molecular weight excluding hydrogens is 531 g/mol. The number of ether oxygens (including phenoxy) is 2. The van der Waals surface area contributed by atoms with Gasteiger partial charge in [-0.3, -0.25) is 14.8 Å². The van der Waals surface area contributed by atoms with Crippen LogP contribution in [0.5, 0.6) is 5.75 Å². The van der Waals surface area contributed by atoms with Crippen LogP contribution >= 0.6 is 12.4 Å². The van der Waals surface area contributed by atoms with Crippen LogP contribution < -0.4 is 10.2 Å². The molecule has 2 aliphatic heterocycles. The van der Waals surface area contributed by atoms with Crippen molar-refractivity contribution >= 4 is 34.1 Å². The molecular formula is C21H29ClF3N3O7S. The number of hydrogen-bond donors (Lipinski definition) is 2. The fourth-order valence-electron chi connectivity index (χ4n) is 4.30. The first-order valence-electron chi connectivity index (χ1n) is 11.1. The summed E-state index contributed by atoms with van der Waals surface area (Å²) < 4.78 is 71.8. The molecule has 204 valence electrons. The van der Waals surface area contributed by atoms with Gasteiger partial charge in [0.25, 0.3) is 5.91 Å². The predicted octanol–water partition coefficient (Wildman–Crippen LogP) is 1.97. The topological polar surface area (TPSA) is 125 Å². The van der Waals surface area contributed by atoms with Gasteiger partial charge in [0.05, 0.1) is 0 Å². The van der Waals surface area contributed by atoms with Gasteiger partial charge in [-0.1, -0.05) is 0 Å². The number of sulfonamides is 1. The number of carbonyl (C=O) groups excluding carboxylic acids is 2. The zero-order valence-corrected chi connectivity index (χ0v) is 21.0. The van der Waals surface area contributed by atoms with Gasteiger partial charge in [0, 0.05) is 64.2 Å². The number of ketones is 1. The van der Waals surface area contributed by atoms with E-state index in [1.54, 1.807) is 0 Å². The van der Waals surface area contributed by atoms with Crippen molar-refractivity contribution in [2.24, 2.45) is 0 Å². The summed E-state index contributed by atoms with van der Waals surface area (Å²) in [6.07, 6.45) is -4.23. The third kappa shape index (κ3) is 7.07. The number of Topliss-reactive ketones (excluding diaryl/α,β-unsaturated/α-hetero) is 1. The SMILES string of the molecule is Cl.O=C(CCCN1CCN(S(=O)(=O)C2(C(=O)NO)CCOCC2)CC1)c1ccc(OC(F)(F)F)cc1. The maximum atomic E-state index is 13.3. The average Bonchev–Trinajstić information content (AvgIpc) is 2.83. The van der Waals surface area contributed by atoms with Crippen LogP contribution in [0.1, 0.15) is 36.0 Å². The number of carbonyl (C=O) groups is 2. The Morgan fingerprint density at radius 1 is 1.08 bits per heavy atom. The summed E-state index contributed by atoms with van der Waals surface area (Å²) in [6.45, 7) is 1.87. The number of benzene rings is 1. The van der Waals surface area contributed by atoms with Crippen LogP contribution in [0.3, 0.4) is 0 Å². The average molecular weight is 560 g/mol. The number of rotatable bonds is 9. The van der Waals surface area contributed by atoms with E-state index in [9.17, 15) is 31.2 Å². The number of hydroxylamine groups is 1. The molecule has 0 atom stereocenters. The van der Waals surface area contributed by atoms with Crippen molar-refractivity contribution in [2.75, 3.05) is 45.9 Å². The smallest absolute Gasteiger partial charge is 0.406 e. The normalized spacial score (nSPS) is 19.2. The zero-order chi connectivity index (χ0) is 25.7. The fraction of sp³-hybridized carbons (Fsp3) is 0.619. The molecule has 3 rings (SSSR count). The van der Waals surface area contributed by atoms with E-state index < -0.39 is 32.8 Å². The molecule has 0 aliphatic carbocycles. The molecule has 1 aromatic carbocycles. The Hall–Kier alpha value is -1.97. The van der Waals surface area contributed by atoms with Gasteiger partial charge in [-0.2, -0.15) is 4.31 Å². The van der Waals surface area contributed by atoms with E-state index in [1.165, 1.54) is 21.9 Å². The maximum absolute atomic E-state index is 13.3. The Bertz CT molecular complexity index is 995. The second kappa shape index (κ2) is 12.5. The molecule has 0 radical (unpaired) electrons. The lowest BCUT2D eigenvalue weighted by Crippen LogP contribution is -2.62. The Balaban J connectivity index is 0.00000456. The fourth-order valence-corrected chi connectivity index (χ4v) is 6.40. The number of nitrogens with one attached hydrogen (secondary N) is 1. The van der Waals surface area contributed by atoms with Gasteiger partial charge in [-0.05, 0) is 37.2 Å². The number of alkyl halides is 3. The quantitative estimate of drug-likeness (QED) is 0.267. The number of nitrogens with zero attached hydrogens (tertiary/aromatic N) is 2. The summed E-state index contributed by atoms with van der Waals surface area (Å²) in [4.78, 5) is 26.7. The Morgan fingerprint density at radius 2 is 1.67 bits per heavy atom. The molecule has 0 spiro atoms. The molecule has 0 saturated carbocycles. The first-order valence-corrected chi connectivity index (χ1v) is 12.6. The summed E-state index contributed by atoms with van der Waals surface area (Å²) in [6, 6.07) is 4.73. The van der Waals surface area contributed by atoms with E-state index >= 15 is 0 Å². The van der Waals surface area contributed by atoms with Crippen LogP contribution in [-0.4, -0.2) is 91.6 Å². The molecule has 2 N–H and O–H groups in total. The summed E-state index contributed by atoms with van der Waals surface area (Å²) in [5.74, 6) is -1.58. The number of halogens is 4. The highest BCUT2D eigenvalue weighted by molar-refractivity contribution is 7.91. The Labute approximate surface area is 213 Å². The van der Waals surface area contributed by atoms with Crippen LogP contribution in [0.4, 0.5) is 13.2 Å². The minimum Gasteiger partial charge on any atom is -0.406 e. The van der Waals surface area contributed by atoms with Gasteiger partial charge in [0.2, 0.25) is 10.0 Å². The third-order valence-electron chi connectivity index (χ3n) is 6.27. The molecule has 1 aromatic rings. The van der Waals surface area contributed by atoms with Crippen LogP contribution in [0.25, 0.3) is 0 Å². The lowest BCUT2D eigenvalue weighted by atomic mass is 9.98. The molecule has 0 bridgehead atoms. The molecule has 0 aromatic heterocycles. The Kier molecular flexibility index (Phi) is 10.5. The van der Waals surface area contributed by atoms with Crippen molar-refractivity contribution in [1.82, 2.24) is 14.7 Å². The Morgan fingerprint density at radius 3 is 2.19 bits per heavy atom. The van der Waals surface area contributed by atoms with E-state index in [0.29, 0.717) is 26.1 Å². The first kappa shape index (κ1) is 30.3. The second-order valence-corrected chi connectivity index (χ2v) is 10.6. The molecule has 2 aliphatic rings. The lowest BCUT2D eigenvalue weighted by Gasteiger charge is -2.41. The molecule has 1 amide bonds. The lowest BCUT2D eigenvalue weighted by molar-refractivity contribution is -0.274. The van der Waals surface area contributed by atoms with Gasteiger partial charge in [0.15, 0.2) is 10.5 Å². The second-order valence-electron chi connectivity index (χ2n) is 8.39. The molecule has 2 fully saturated rings. The summed E-state index contributed by atoms with van der Waals surface area (Å²) in [5.41, 5.74) is 1.77. The predicted molar refractivity (Wildman–Crippen MR) is 124 cm³/mol. The minimum atomic E-state index is -4.80. The molecule has 36 heavy (non-hydrogen) atoms. The van der Waals surface area contributed by atoms with E-state index in [0.717, 1.165) is 12.1 Å². The van der Waals surface area contributed by atoms with Crippen LogP contribution in [0.15, 0.2) is 24.3 Å². The summed E-state index contributed by atoms with van der Waals surface area (Å²) in [5, 5.41) is 9.13. The summed E-state index contributed by atoms with van der Waals surface area (Å²) >= 11 is 0. The summed E-state index contributed by atoms with van der Waals surface area (Å²) in [7, 11) is -4.05. The van der Waals surface area contributed by atoms with Crippen molar-refractivity contribution in [3.05, 3.63) is 29.8 Å². The molecule has 0 unspecified atom stereocenters. The van der Waals surface area contributed by atoms with Gasteiger partial charge in [-0.25, -0.2) is 13.9 Å². The largest absolute Gasteiger partial charge is 0.573 e. The molecule has 10 nitrogen and oxygen atoms in total. The first-order chi connectivity index (χ1) is 16.5. The van der Waals surface area contributed by atoms with Crippen LogP contribution in [0.2, 0.25) is 0 Å². The standard InChI is InChI=1S/C21H28F3N3O7S.ClH/c22-21(23,24)34-17-5-3-16(4-6-17)18(28)2-1-9-26-10-12-27(13-11-26)35(31,32)20(19(29)25-30)7-14-33-15-8-20;/h3-6,30H,1-2,7-15H2,(H,25,29);1H. The molecule has 15 heteroatoms. The minimum absolute atomic E-state index is 0. The monoisotopic (exact) mass is 559 g/mol. The highest BCUT2D eigenvalue weighted by Gasteiger charge is 2.54. The number of amides is 1. The van der Waals surface area contributed by atoms with Crippen LogP contribution in [-0.2, 0) is 19.6 Å². The van der Waals surface area contributed by atoms with Crippen molar-refractivity contribution in [1.29, 1.82) is 0 Å². The highest BCUT2D eigenvalue weighted by atomic mass is 35.5. The van der Waals surface area contributed by atoms with Crippen molar-refractivity contribution in [3.8, 4) is 5.75 Å². The van der Waals surface area contributed by atoms with Crippen molar-refractivity contribution < 1.29 is 45.9 Å². The van der Waals surface area contributed by atoms with E-state index in [4.69, 9.17) is 9.94 Å². The van der Waals surface area contributed by atoms with Gasteiger partial charge < -0.3 is 14.4 Å².